The van der Waals surface area contributed by atoms with Crippen molar-refractivity contribution >= 4 is 11.0 Å². The number of hydrogen-bond donors (Lipinski definition) is 2. The maximum Gasteiger partial charge on any atom is 0.134 e. The van der Waals surface area contributed by atoms with E-state index in [0.29, 0.717) is 0 Å². The number of hydrogen-bond acceptors (Lipinski definition) is 4. The molecule has 1 fully saturated rings. The SMILES string of the molecule is COC1(C(NN)c2cc3ccccc3o2)CCC1. The van der Waals surface area contributed by atoms with Gasteiger partial charge >= 0.3 is 0 Å². The summed E-state index contributed by atoms with van der Waals surface area (Å²) < 4.78 is 11.6. The van der Waals surface area contributed by atoms with Gasteiger partial charge < -0.3 is 9.15 Å². The van der Waals surface area contributed by atoms with Crippen molar-refractivity contribution in [3.8, 4) is 0 Å². The van der Waals surface area contributed by atoms with Gasteiger partial charge in [-0.2, -0.15) is 0 Å². The van der Waals surface area contributed by atoms with Crippen molar-refractivity contribution in [3.05, 3.63) is 36.1 Å². The first kappa shape index (κ1) is 11.7. The summed E-state index contributed by atoms with van der Waals surface area (Å²) in [7, 11) is 1.74. The molecule has 3 N–H and O–H groups in total. The van der Waals surface area contributed by atoms with E-state index in [1.165, 1.54) is 6.42 Å². The molecule has 1 heterocycles. The van der Waals surface area contributed by atoms with Crippen molar-refractivity contribution in [2.24, 2.45) is 5.84 Å². The average molecular weight is 246 g/mol. The highest BCUT2D eigenvalue weighted by Crippen LogP contribution is 2.45. The minimum atomic E-state index is -0.220. The van der Waals surface area contributed by atoms with E-state index in [9.17, 15) is 0 Å². The molecular formula is C14H18N2O2. The summed E-state index contributed by atoms with van der Waals surface area (Å²) in [4.78, 5) is 0. The first-order valence-corrected chi connectivity index (χ1v) is 6.29. The monoisotopic (exact) mass is 246 g/mol. The lowest BCUT2D eigenvalue weighted by Crippen LogP contribution is -2.52. The minimum Gasteiger partial charge on any atom is -0.459 e. The zero-order valence-electron chi connectivity index (χ0n) is 10.5. The van der Waals surface area contributed by atoms with Gasteiger partial charge in [0.1, 0.15) is 17.4 Å². The molecule has 0 radical (unpaired) electrons. The summed E-state index contributed by atoms with van der Waals surface area (Å²) in [5.74, 6) is 6.56. The van der Waals surface area contributed by atoms with Crippen LogP contribution in [0.25, 0.3) is 11.0 Å². The Labute approximate surface area is 106 Å². The Bertz CT molecular complexity index is 507. The normalized spacial score (nSPS) is 19.7. The molecule has 1 aliphatic rings. The van der Waals surface area contributed by atoms with Gasteiger partial charge in [-0.3, -0.25) is 5.84 Å². The van der Waals surface area contributed by atoms with Crippen LogP contribution < -0.4 is 11.3 Å². The second-order valence-corrected chi connectivity index (χ2v) is 4.91. The fourth-order valence-corrected chi connectivity index (χ4v) is 2.77. The van der Waals surface area contributed by atoms with Gasteiger partial charge in [0.2, 0.25) is 0 Å². The van der Waals surface area contributed by atoms with E-state index in [0.717, 1.165) is 29.6 Å². The molecule has 1 aliphatic carbocycles. The topological polar surface area (TPSA) is 60.4 Å². The highest BCUT2D eigenvalue weighted by molar-refractivity contribution is 5.77. The first-order valence-electron chi connectivity index (χ1n) is 6.29. The van der Waals surface area contributed by atoms with Gasteiger partial charge in [0, 0.05) is 12.5 Å². The first-order chi connectivity index (χ1) is 8.79. The summed E-state index contributed by atoms with van der Waals surface area (Å²) in [5, 5.41) is 1.10. The highest BCUT2D eigenvalue weighted by atomic mass is 16.5. The fourth-order valence-electron chi connectivity index (χ4n) is 2.77. The van der Waals surface area contributed by atoms with Gasteiger partial charge in [0.15, 0.2) is 0 Å². The van der Waals surface area contributed by atoms with Crippen LogP contribution in [0.5, 0.6) is 0 Å². The van der Waals surface area contributed by atoms with Gasteiger partial charge in [0.25, 0.3) is 0 Å². The molecule has 1 aromatic heterocycles. The number of methoxy groups -OCH3 is 1. The number of para-hydroxylation sites is 1. The van der Waals surface area contributed by atoms with Crippen LogP contribution >= 0.6 is 0 Å². The van der Waals surface area contributed by atoms with Gasteiger partial charge in [0.05, 0.1) is 5.60 Å². The zero-order valence-corrected chi connectivity index (χ0v) is 10.5. The smallest absolute Gasteiger partial charge is 0.134 e. The van der Waals surface area contributed by atoms with E-state index >= 15 is 0 Å². The van der Waals surface area contributed by atoms with Crippen molar-refractivity contribution < 1.29 is 9.15 Å². The third-order valence-electron chi connectivity index (χ3n) is 4.03. The second kappa shape index (κ2) is 4.39. The molecule has 1 saturated carbocycles. The van der Waals surface area contributed by atoms with Gasteiger partial charge in [-0.1, -0.05) is 18.2 Å². The standard InChI is InChI=1S/C14H18N2O2/c1-17-14(7-4-8-14)13(16-15)12-9-10-5-2-3-6-11(10)18-12/h2-3,5-6,9,13,16H,4,7-8,15H2,1H3. The molecule has 0 aliphatic heterocycles. The summed E-state index contributed by atoms with van der Waals surface area (Å²) >= 11 is 0. The molecule has 1 aromatic carbocycles. The number of nitrogens with one attached hydrogen (secondary N) is 1. The van der Waals surface area contributed by atoms with Crippen LogP contribution in [0.2, 0.25) is 0 Å². The molecule has 1 unspecified atom stereocenters. The van der Waals surface area contributed by atoms with Crippen molar-refractivity contribution in [2.45, 2.75) is 30.9 Å². The highest BCUT2D eigenvalue weighted by Gasteiger charge is 2.46. The molecule has 0 bridgehead atoms. The maximum atomic E-state index is 5.88. The lowest BCUT2D eigenvalue weighted by molar-refractivity contribution is -0.104. The Morgan fingerprint density at radius 1 is 1.39 bits per heavy atom. The third kappa shape index (κ3) is 1.65. The Morgan fingerprint density at radius 2 is 2.17 bits per heavy atom. The molecule has 18 heavy (non-hydrogen) atoms. The molecule has 4 heteroatoms. The molecular weight excluding hydrogens is 228 g/mol. The summed E-state index contributed by atoms with van der Waals surface area (Å²) in [5.41, 5.74) is 3.52. The van der Waals surface area contributed by atoms with Crippen LogP contribution in [-0.4, -0.2) is 12.7 Å². The van der Waals surface area contributed by atoms with Crippen LogP contribution in [0, 0.1) is 0 Å². The largest absolute Gasteiger partial charge is 0.459 e. The van der Waals surface area contributed by atoms with E-state index in [1.807, 2.05) is 30.3 Å². The Hall–Kier alpha value is -1.36. The van der Waals surface area contributed by atoms with Crippen LogP contribution in [-0.2, 0) is 4.74 Å². The molecule has 4 nitrogen and oxygen atoms in total. The molecule has 2 aromatic rings. The molecule has 96 valence electrons. The van der Waals surface area contributed by atoms with Gasteiger partial charge in [-0.15, -0.1) is 0 Å². The Morgan fingerprint density at radius 3 is 2.72 bits per heavy atom. The minimum absolute atomic E-state index is 0.0938. The summed E-state index contributed by atoms with van der Waals surface area (Å²) in [6, 6.07) is 9.92. The van der Waals surface area contributed by atoms with Crippen LogP contribution in [0.1, 0.15) is 31.1 Å². The number of furan rings is 1. The summed E-state index contributed by atoms with van der Waals surface area (Å²) in [6.45, 7) is 0. The number of hydrazine groups is 1. The fraction of sp³-hybridized carbons (Fsp3) is 0.429. The molecule has 0 saturated heterocycles. The van der Waals surface area contributed by atoms with Crippen LogP contribution in [0.15, 0.2) is 34.7 Å². The second-order valence-electron chi connectivity index (χ2n) is 4.91. The maximum absolute atomic E-state index is 5.88. The third-order valence-corrected chi connectivity index (χ3v) is 4.03. The van der Waals surface area contributed by atoms with Crippen molar-refractivity contribution in [3.63, 3.8) is 0 Å². The number of rotatable bonds is 4. The number of benzene rings is 1. The molecule has 1 atom stereocenters. The van der Waals surface area contributed by atoms with Gasteiger partial charge in [-0.05, 0) is 31.4 Å². The Balaban J connectivity index is 2.00. The number of fused-ring (bicyclic) bond motifs is 1. The average Bonchev–Trinajstić information content (AvgIpc) is 2.76. The van der Waals surface area contributed by atoms with E-state index in [4.69, 9.17) is 15.0 Å². The lowest BCUT2D eigenvalue weighted by atomic mass is 9.74. The predicted molar refractivity (Wildman–Crippen MR) is 69.9 cm³/mol. The van der Waals surface area contributed by atoms with E-state index in [1.54, 1.807) is 7.11 Å². The van der Waals surface area contributed by atoms with Crippen LogP contribution in [0.3, 0.4) is 0 Å². The van der Waals surface area contributed by atoms with E-state index in [2.05, 4.69) is 5.43 Å². The Kier molecular flexibility index (Phi) is 2.86. The van der Waals surface area contributed by atoms with Gasteiger partial charge in [-0.25, -0.2) is 5.43 Å². The van der Waals surface area contributed by atoms with Crippen LogP contribution in [0.4, 0.5) is 0 Å². The van der Waals surface area contributed by atoms with Crippen molar-refractivity contribution in [1.29, 1.82) is 0 Å². The van der Waals surface area contributed by atoms with E-state index in [-0.39, 0.29) is 11.6 Å². The summed E-state index contributed by atoms with van der Waals surface area (Å²) in [6.07, 6.45) is 3.19. The molecule has 0 amide bonds. The molecule has 0 spiro atoms. The van der Waals surface area contributed by atoms with Crippen molar-refractivity contribution in [1.82, 2.24) is 5.43 Å². The lowest BCUT2D eigenvalue weighted by Gasteiger charge is -2.45. The van der Waals surface area contributed by atoms with Crippen molar-refractivity contribution in [2.75, 3.05) is 7.11 Å². The number of ether oxygens (including phenoxy) is 1. The quantitative estimate of drug-likeness (QED) is 0.643. The zero-order chi connectivity index (χ0) is 12.6. The predicted octanol–water partition coefficient (Wildman–Crippen LogP) is 2.51. The number of nitrogens with two attached hydrogens (primary N) is 1. The van der Waals surface area contributed by atoms with E-state index < -0.39 is 0 Å². The molecule has 3 rings (SSSR count).